The Morgan fingerprint density at radius 2 is 1.92 bits per heavy atom. The van der Waals surface area contributed by atoms with Gasteiger partial charge >= 0.3 is 0 Å². The minimum Gasteiger partial charge on any atom is -0.494 e. The van der Waals surface area contributed by atoms with Gasteiger partial charge in [-0.25, -0.2) is 0 Å². The van der Waals surface area contributed by atoms with Crippen molar-refractivity contribution in [2.24, 2.45) is 0 Å². The standard InChI is InChI=1S/C11H16O2/c1-2-10-4-6-11(7-5-10)13-9-3-8-12/h4-7,12H,2-3,8-9H2,1H3. The van der Waals surface area contributed by atoms with Crippen LogP contribution in [-0.2, 0) is 6.42 Å². The summed E-state index contributed by atoms with van der Waals surface area (Å²) in [6.07, 6.45) is 1.74. The minimum atomic E-state index is 0.188. The van der Waals surface area contributed by atoms with E-state index in [2.05, 4.69) is 19.1 Å². The number of aryl methyl sites for hydroxylation is 1. The molecule has 0 saturated carbocycles. The second-order valence-electron chi connectivity index (χ2n) is 2.92. The van der Waals surface area contributed by atoms with Crippen LogP contribution in [0.2, 0.25) is 0 Å². The third-order valence-corrected chi connectivity index (χ3v) is 1.90. The lowest BCUT2D eigenvalue weighted by Crippen LogP contribution is -1.99. The fraction of sp³-hybridized carbons (Fsp3) is 0.455. The Labute approximate surface area is 79.2 Å². The van der Waals surface area contributed by atoms with Crippen LogP contribution in [0.25, 0.3) is 0 Å². The van der Waals surface area contributed by atoms with Crippen molar-refractivity contribution in [1.29, 1.82) is 0 Å². The number of ether oxygens (including phenoxy) is 1. The molecule has 0 heterocycles. The average Bonchev–Trinajstić information content (AvgIpc) is 2.19. The van der Waals surface area contributed by atoms with Crippen LogP contribution in [0.5, 0.6) is 5.75 Å². The highest BCUT2D eigenvalue weighted by Gasteiger charge is 1.93. The molecule has 0 atom stereocenters. The number of hydrogen-bond donors (Lipinski definition) is 1. The number of aliphatic hydroxyl groups excluding tert-OH is 1. The molecule has 1 N–H and O–H groups in total. The minimum absolute atomic E-state index is 0.188. The fourth-order valence-corrected chi connectivity index (χ4v) is 1.08. The molecule has 0 aliphatic rings. The van der Waals surface area contributed by atoms with Crippen molar-refractivity contribution < 1.29 is 9.84 Å². The van der Waals surface area contributed by atoms with Gasteiger partial charge < -0.3 is 9.84 Å². The van der Waals surface area contributed by atoms with E-state index < -0.39 is 0 Å². The zero-order valence-electron chi connectivity index (χ0n) is 7.99. The van der Waals surface area contributed by atoms with Gasteiger partial charge in [0.15, 0.2) is 0 Å². The van der Waals surface area contributed by atoms with Crippen LogP contribution in [0.4, 0.5) is 0 Å². The summed E-state index contributed by atoms with van der Waals surface area (Å²) in [4.78, 5) is 0. The molecule has 0 saturated heterocycles. The lowest BCUT2D eigenvalue weighted by molar-refractivity contribution is 0.233. The maximum atomic E-state index is 8.55. The first-order chi connectivity index (χ1) is 6.36. The van der Waals surface area contributed by atoms with Gasteiger partial charge in [-0.15, -0.1) is 0 Å². The Bertz CT molecular complexity index is 228. The molecule has 0 aliphatic heterocycles. The first-order valence-electron chi connectivity index (χ1n) is 4.69. The molecule has 1 rings (SSSR count). The third kappa shape index (κ3) is 3.47. The second kappa shape index (κ2) is 5.60. The highest BCUT2D eigenvalue weighted by atomic mass is 16.5. The van der Waals surface area contributed by atoms with E-state index >= 15 is 0 Å². The zero-order chi connectivity index (χ0) is 9.52. The van der Waals surface area contributed by atoms with Crippen LogP contribution in [-0.4, -0.2) is 18.3 Å². The number of hydrogen-bond acceptors (Lipinski definition) is 2. The molecule has 0 spiro atoms. The van der Waals surface area contributed by atoms with Gasteiger partial charge in [0.2, 0.25) is 0 Å². The van der Waals surface area contributed by atoms with E-state index in [0.717, 1.165) is 12.2 Å². The second-order valence-corrected chi connectivity index (χ2v) is 2.92. The summed E-state index contributed by atoms with van der Waals surface area (Å²) in [5, 5.41) is 8.55. The van der Waals surface area contributed by atoms with Crippen molar-refractivity contribution in [2.45, 2.75) is 19.8 Å². The van der Waals surface area contributed by atoms with Gasteiger partial charge in [-0.1, -0.05) is 19.1 Å². The molecule has 0 fully saturated rings. The van der Waals surface area contributed by atoms with Gasteiger partial charge in [-0.05, 0) is 24.1 Å². The third-order valence-electron chi connectivity index (χ3n) is 1.90. The SMILES string of the molecule is CCc1ccc(OCCCO)cc1. The van der Waals surface area contributed by atoms with E-state index in [0.29, 0.717) is 13.0 Å². The van der Waals surface area contributed by atoms with E-state index in [4.69, 9.17) is 9.84 Å². The van der Waals surface area contributed by atoms with E-state index in [1.807, 2.05) is 12.1 Å². The molecular weight excluding hydrogens is 164 g/mol. The Kier molecular flexibility index (Phi) is 4.33. The van der Waals surface area contributed by atoms with Gasteiger partial charge in [-0.3, -0.25) is 0 Å². The smallest absolute Gasteiger partial charge is 0.119 e. The highest BCUT2D eigenvalue weighted by molar-refractivity contribution is 5.27. The Hall–Kier alpha value is -1.02. The molecule has 0 radical (unpaired) electrons. The predicted octanol–water partition coefficient (Wildman–Crippen LogP) is 2.01. The quantitative estimate of drug-likeness (QED) is 0.702. The molecule has 1 aromatic carbocycles. The van der Waals surface area contributed by atoms with E-state index in [1.165, 1.54) is 5.56 Å². The fourth-order valence-electron chi connectivity index (χ4n) is 1.08. The molecule has 0 aromatic heterocycles. The van der Waals surface area contributed by atoms with Crippen LogP contribution in [0.3, 0.4) is 0 Å². The van der Waals surface area contributed by atoms with Crippen molar-refractivity contribution in [2.75, 3.05) is 13.2 Å². The number of benzene rings is 1. The van der Waals surface area contributed by atoms with Crippen molar-refractivity contribution in [1.82, 2.24) is 0 Å². The highest BCUT2D eigenvalue weighted by Crippen LogP contribution is 2.12. The summed E-state index contributed by atoms with van der Waals surface area (Å²) in [7, 11) is 0. The molecule has 13 heavy (non-hydrogen) atoms. The van der Waals surface area contributed by atoms with Crippen molar-refractivity contribution >= 4 is 0 Å². The summed E-state index contributed by atoms with van der Waals surface area (Å²) in [5.41, 5.74) is 1.31. The van der Waals surface area contributed by atoms with Crippen LogP contribution in [0.15, 0.2) is 24.3 Å². The van der Waals surface area contributed by atoms with E-state index in [1.54, 1.807) is 0 Å². The first kappa shape index (κ1) is 10.1. The Morgan fingerprint density at radius 1 is 1.23 bits per heavy atom. The molecular formula is C11H16O2. The molecule has 0 amide bonds. The van der Waals surface area contributed by atoms with Crippen molar-refractivity contribution in [3.8, 4) is 5.75 Å². The van der Waals surface area contributed by atoms with Crippen LogP contribution in [0, 0.1) is 0 Å². The van der Waals surface area contributed by atoms with Crippen molar-refractivity contribution in [3.63, 3.8) is 0 Å². The van der Waals surface area contributed by atoms with Gasteiger partial charge in [0.25, 0.3) is 0 Å². The zero-order valence-corrected chi connectivity index (χ0v) is 7.99. The maximum Gasteiger partial charge on any atom is 0.119 e. The van der Waals surface area contributed by atoms with E-state index in [9.17, 15) is 0 Å². The van der Waals surface area contributed by atoms with Gasteiger partial charge in [-0.2, -0.15) is 0 Å². The predicted molar refractivity (Wildman–Crippen MR) is 53.0 cm³/mol. The van der Waals surface area contributed by atoms with Crippen molar-refractivity contribution in [3.05, 3.63) is 29.8 Å². The van der Waals surface area contributed by atoms with Gasteiger partial charge in [0, 0.05) is 13.0 Å². The molecule has 0 aliphatic carbocycles. The monoisotopic (exact) mass is 180 g/mol. The number of aliphatic hydroxyl groups is 1. The molecule has 72 valence electrons. The first-order valence-corrected chi connectivity index (χ1v) is 4.69. The van der Waals surface area contributed by atoms with Crippen LogP contribution in [0.1, 0.15) is 18.9 Å². The largest absolute Gasteiger partial charge is 0.494 e. The van der Waals surface area contributed by atoms with Gasteiger partial charge in [0.05, 0.1) is 6.61 Å². The Balaban J connectivity index is 2.40. The maximum absolute atomic E-state index is 8.55. The number of rotatable bonds is 5. The molecule has 1 aromatic rings. The van der Waals surface area contributed by atoms with E-state index in [-0.39, 0.29) is 6.61 Å². The molecule has 2 heteroatoms. The summed E-state index contributed by atoms with van der Waals surface area (Å²) in [6.45, 7) is 2.90. The van der Waals surface area contributed by atoms with Crippen LogP contribution >= 0.6 is 0 Å². The van der Waals surface area contributed by atoms with Crippen LogP contribution < -0.4 is 4.74 Å². The summed E-state index contributed by atoms with van der Waals surface area (Å²) < 4.78 is 5.39. The van der Waals surface area contributed by atoms with Gasteiger partial charge in [0.1, 0.15) is 5.75 Å². The molecule has 0 bridgehead atoms. The lowest BCUT2D eigenvalue weighted by Gasteiger charge is -2.05. The molecule has 2 nitrogen and oxygen atoms in total. The molecule has 0 unspecified atom stereocenters. The summed E-state index contributed by atoms with van der Waals surface area (Å²) in [6, 6.07) is 8.06. The average molecular weight is 180 g/mol. The topological polar surface area (TPSA) is 29.5 Å². The Morgan fingerprint density at radius 3 is 2.46 bits per heavy atom. The lowest BCUT2D eigenvalue weighted by atomic mass is 10.2. The normalized spacial score (nSPS) is 10.0. The summed E-state index contributed by atoms with van der Waals surface area (Å²) in [5.74, 6) is 0.880. The summed E-state index contributed by atoms with van der Waals surface area (Å²) >= 11 is 0.